The van der Waals surface area contributed by atoms with E-state index in [1.165, 1.54) is 11.6 Å². The van der Waals surface area contributed by atoms with E-state index in [4.69, 9.17) is 5.73 Å². The van der Waals surface area contributed by atoms with Gasteiger partial charge in [0.2, 0.25) is 0 Å². The molecule has 0 aliphatic rings. The zero-order chi connectivity index (χ0) is 15.2. The molecule has 0 fully saturated rings. The summed E-state index contributed by atoms with van der Waals surface area (Å²) in [6, 6.07) is 17.4. The third kappa shape index (κ3) is 3.90. The number of hydrogen-bond donors (Lipinski definition) is 1. The van der Waals surface area contributed by atoms with Crippen molar-refractivity contribution in [3.63, 3.8) is 0 Å². The molecule has 0 bridgehead atoms. The van der Waals surface area contributed by atoms with Crippen LogP contribution in [0.25, 0.3) is 0 Å². The van der Waals surface area contributed by atoms with Crippen molar-refractivity contribution in [2.75, 3.05) is 13.6 Å². The highest BCUT2D eigenvalue weighted by Crippen LogP contribution is 2.23. The predicted octanol–water partition coefficient (Wildman–Crippen LogP) is 3.39. The van der Waals surface area contributed by atoms with Crippen LogP contribution in [0.4, 0.5) is 4.39 Å². The topological polar surface area (TPSA) is 29.3 Å². The van der Waals surface area contributed by atoms with E-state index in [0.717, 1.165) is 0 Å². The lowest BCUT2D eigenvalue weighted by molar-refractivity contribution is 0.210. The van der Waals surface area contributed by atoms with Crippen molar-refractivity contribution in [3.8, 4) is 0 Å². The van der Waals surface area contributed by atoms with Crippen molar-refractivity contribution in [2.24, 2.45) is 5.73 Å². The maximum absolute atomic E-state index is 13.8. The summed E-state index contributed by atoms with van der Waals surface area (Å²) in [4.78, 5) is 2.13. The first kappa shape index (κ1) is 15.7. The van der Waals surface area contributed by atoms with Crippen LogP contribution in [0, 0.1) is 5.82 Å². The van der Waals surface area contributed by atoms with Crippen LogP contribution in [0.3, 0.4) is 0 Å². The largest absolute Gasteiger partial charge is 0.329 e. The van der Waals surface area contributed by atoms with Gasteiger partial charge in [-0.25, -0.2) is 4.39 Å². The Labute approximate surface area is 126 Å². The van der Waals surface area contributed by atoms with Gasteiger partial charge in [0.15, 0.2) is 0 Å². The molecule has 2 atom stereocenters. The van der Waals surface area contributed by atoms with Crippen LogP contribution >= 0.6 is 0 Å². The van der Waals surface area contributed by atoms with Crippen molar-refractivity contribution in [1.29, 1.82) is 0 Å². The smallest absolute Gasteiger partial charge is 0.127 e. The minimum atomic E-state index is -0.160. The van der Waals surface area contributed by atoms with E-state index in [1.54, 1.807) is 6.07 Å². The zero-order valence-corrected chi connectivity index (χ0v) is 12.7. The Hall–Kier alpha value is -1.71. The second kappa shape index (κ2) is 7.34. The molecule has 2 aromatic carbocycles. The number of benzene rings is 2. The Morgan fingerprint density at radius 1 is 1.05 bits per heavy atom. The molecule has 0 aliphatic carbocycles. The molecule has 0 aromatic heterocycles. The number of rotatable bonds is 6. The third-order valence-corrected chi connectivity index (χ3v) is 4.09. The van der Waals surface area contributed by atoms with E-state index in [9.17, 15) is 4.39 Å². The third-order valence-electron chi connectivity index (χ3n) is 4.09. The summed E-state index contributed by atoms with van der Waals surface area (Å²) in [5.74, 6) is 0.139. The van der Waals surface area contributed by atoms with Crippen molar-refractivity contribution in [3.05, 3.63) is 71.5 Å². The Kier molecular flexibility index (Phi) is 5.48. The fourth-order valence-corrected chi connectivity index (χ4v) is 2.76. The summed E-state index contributed by atoms with van der Waals surface area (Å²) in [6.07, 6.45) is 0. The highest BCUT2D eigenvalue weighted by Gasteiger charge is 2.22. The van der Waals surface area contributed by atoms with Crippen molar-refractivity contribution >= 4 is 0 Å². The van der Waals surface area contributed by atoms with E-state index < -0.39 is 0 Å². The molecule has 3 heteroatoms. The number of halogens is 1. The minimum Gasteiger partial charge on any atom is -0.329 e. The molecule has 0 heterocycles. The van der Waals surface area contributed by atoms with E-state index in [-0.39, 0.29) is 11.9 Å². The first-order valence-electron chi connectivity index (χ1n) is 7.32. The molecule has 2 N–H and O–H groups in total. The van der Waals surface area contributed by atoms with Gasteiger partial charge in [0.1, 0.15) is 5.82 Å². The highest BCUT2D eigenvalue weighted by molar-refractivity contribution is 5.21. The summed E-state index contributed by atoms with van der Waals surface area (Å²) in [5.41, 5.74) is 7.93. The number of nitrogens with two attached hydrogens (primary N) is 1. The van der Waals surface area contributed by atoms with Gasteiger partial charge in [0.05, 0.1) is 0 Å². The number of hydrogen-bond acceptors (Lipinski definition) is 2. The van der Waals surface area contributed by atoms with Crippen LogP contribution in [0.1, 0.15) is 24.0 Å². The normalized spacial score (nSPS) is 14.1. The zero-order valence-electron chi connectivity index (χ0n) is 12.7. The molecular weight excluding hydrogens is 263 g/mol. The molecule has 0 saturated carbocycles. The molecule has 0 radical (unpaired) electrons. The lowest BCUT2D eigenvalue weighted by atomic mass is 9.92. The fraction of sp³-hybridized carbons (Fsp3) is 0.333. The molecule has 2 rings (SSSR count). The first-order valence-corrected chi connectivity index (χ1v) is 7.32. The molecule has 112 valence electrons. The summed E-state index contributed by atoms with van der Waals surface area (Å²) in [7, 11) is 2.00. The van der Waals surface area contributed by atoms with Crippen LogP contribution < -0.4 is 5.73 Å². The Morgan fingerprint density at radius 3 is 2.29 bits per heavy atom. The molecule has 2 nitrogen and oxygen atoms in total. The SMILES string of the molecule is CC(c1ccccc1)C(CN)N(C)Cc1ccccc1F. The van der Waals surface area contributed by atoms with Crippen LogP contribution in [0.5, 0.6) is 0 Å². The van der Waals surface area contributed by atoms with Crippen LogP contribution in [-0.4, -0.2) is 24.5 Å². The second-order valence-corrected chi connectivity index (χ2v) is 5.51. The molecule has 21 heavy (non-hydrogen) atoms. The fourth-order valence-electron chi connectivity index (χ4n) is 2.76. The van der Waals surface area contributed by atoms with Crippen molar-refractivity contribution in [1.82, 2.24) is 4.90 Å². The Morgan fingerprint density at radius 2 is 1.67 bits per heavy atom. The number of nitrogens with zero attached hydrogens (tertiary/aromatic N) is 1. The maximum Gasteiger partial charge on any atom is 0.127 e. The van der Waals surface area contributed by atoms with Gasteiger partial charge in [-0.1, -0.05) is 55.5 Å². The number of likely N-dealkylation sites (N-methyl/N-ethyl adjacent to an activating group) is 1. The summed E-state index contributed by atoms with van der Waals surface area (Å²) in [6.45, 7) is 3.28. The van der Waals surface area contributed by atoms with E-state index >= 15 is 0 Å². The van der Waals surface area contributed by atoms with Gasteiger partial charge < -0.3 is 5.73 Å². The van der Waals surface area contributed by atoms with E-state index in [0.29, 0.717) is 24.6 Å². The van der Waals surface area contributed by atoms with E-state index in [1.807, 2.05) is 37.4 Å². The van der Waals surface area contributed by atoms with Gasteiger partial charge in [-0.15, -0.1) is 0 Å². The average Bonchev–Trinajstić information content (AvgIpc) is 2.51. The van der Waals surface area contributed by atoms with Gasteiger partial charge in [0.25, 0.3) is 0 Å². The first-order chi connectivity index (χ1) is 10.1. The predicted molar refractivity (Wildman–Crippen MR) is 85.6 cm³/mol. The van der Waals surface area contributed by atoms with Gasteiger partial charge in [-0.2, -0.15) is 0 Å². The molecule has 0 aliphatic heterocycles. The average molecular weight is 286 g/mol. The molecule has 0 saturated heterocycles. The molecule has 2 aromatic rings. The molecule has 2 unspecified atom stereocenters. The Balaban J connectivity index is 2.12. The Bertz CT molecular complexity index is 556. The van der Waals surface area contributed by atoms with Gasteiger partial charge >= 0.3 is 0 Å². The van der Waals surface area contributed by atoms with E-state index in [2.05, 4.69) is 24.0 Å². The summed E-state index contributed by atoms with van der Waals surface area (Å²) < 4.78 is 13.8. The van der Waals surface area contributed by atoms with Crippen LogP contribution in [0.2, 0.25) is 0 Å². The minimum absolute atomic E-state index is 0.160. The standard InChI is InChI=1S/C18H23FN2/c1-14(15-8-4-3-5-9-15)18(12-20)21(2)13-16-10-6-7-11-17(16)19/h3-11,14,18H,12-13,20H2,1-2H3. The van der Waals surface area contributed by atoms with Gasteiger partial charge in [-0.05, 0) is 24.6 Å². The summed E-state index contributed by atoms with van der Waals surface area (Å²) in [5, 5.41) is 0. The monoisotopic (exact) mass is 286 g/mol. The van der Waals surface area contributed by atoms with Crippen LogP contribution in [0.15, 0.2) is 54.6 Å². The molecule has 0 amide bonds. The van der Waals surface area contributed by atoms with Crippen molar-refractivity contribution in [2.45, 2.75) is 25.4 Å². The molecule has 0 spiro atoms. The van der Waals surface area contributed by atoms with Gasteiger partial charge in [0, 0.05) is 24.7 Å². The lowest BCUT2D eigenvalue weighted by Crippen LogP contribution is -2.41. The lowest BCUT2D eigenvalue weighted by Gasteiger charge is -2.32. The van der Waals surface area contributed by atoms with Crippen LogP contribution in [-0.2, 0) is 6.54 Å². The molecular formula is C18H23FN2. The van der Waals surface area contributed by atoms with Crippen molar-refractivity contribution < 1.29 is 4.39 Å². The quantitative estimate of drug-likeness (QED) is 0.882. The van der Waals surface area contributed by atoms with Gasteiger partial charge in [-0.3, -0.25) is 4.90 Å². The highest BCUT2D eigenvalue weighted by atomic mass is 19.1. The second-order valence-electron chi connectivity index (χ2n) is 5.51. The summed E-state index contributed by atoms with van der Waals surface area (Å²) >= 11 is 0. The maximum atomic E-state index is 13.8.